The van der Waals surface area contributed by atoms with Crippen molar-refractivity contribution in [3.05, 3.63) is 23.5 Å². The van der Waals surface area contributed by atoms with Gasteiger partial charge in [-0.25, -0.2) is 0 Å². The molecule has 1 aromatic rings. The summed E-state index contributed by atoms with van der Waals surface area (Å²) in [7, 11) is 1.92. The second-order valence-corrected chi connectivity index (χ2v) is 4.99. The topological polar surface area (TPSA) is 69.0 Å². The third-order valence-corrected chi connectivity index (χ3v) is 3.15. The molecule has 0 saturated carbocycles. The van der Waals surface area contributed by atoms with Gasteiger partial charge >= 0.3 is 0 Å². The number of ether oxygens (including phenoxy) is 1. The highest BCUT2D eigenvalue weighted by Gasteiger charge is 2.15. The van der Waals surface area contributed by atoms with Crippen LogP contribution in [0.15, 0.2) is 11.8 Å². The van der Waals surface area contributed by atoms with Crippen molar-refractivity contribution in [3.8, 4) is 0 Å². The molecule has 104 valence electrons. The van der Waals surface area contributed by atoms with Crippen molar-refractivity contribution in [2.75, 3.05) is 6.61 Å². The average molecular weight is 264 g/mol. The Balaban J connectivity index is 1.95. The fraction of sp³-hybridized carbons (Fsp3) is 0.615. The number of nitrogens with zero attached hydrogens (tertiary/aromatic N) is 3. The standard InChI is InChI=1S/C13H20N4O2/c1-9(2)12-16-15-11(17(12)3)7-14-13(18)10-5-4-6-19-8-10/h8-9H,4-7H2,1-3H3,(H,14,18). The van der Waals surface area contributed by atoms with Gasteiger partial charge in [0.15, 0.2) is 5.82 Å². The van der Waals surface area contributed by atoms with Crippen molar-refractivity contribution >= 4 is 5.91 Å². The number of hydrogen-bond acceptors (Lipinski definition) is 4. The zero-order valence-electron chi connectivity index (χ0n) is 11.6. The van der Waals surface area contributed by atoms with Crippen LogP contribution < -0.4 is 5.32 Å². The van der Waals surface area contributed by atoms with Gasteiger partial charge in [0.05, 0.1) is 25.0 Å². The van der Waals surface area contributed by atoms with Crippen LogP contribution in [-0.2, 0) is 23.1 Å². The van der Waals surface area contributed by atoms with Crippen LogP contribution in [0.5, 0.6) is 0 Å². The number of aromatic nitrogens is 3. The first kappa shape index (κ1) is 13.6. The lowest BCUT2D eigenvalue weighted by Crippen LogP contribution is -2.27. The van der Waals surface area contributed by atoms with Crippen LogP contribution in [0.25, 0.3) is 0 Å². The number of carbonyl (C=O) groups excluding carboxylic acids is 1. The molecule has 0 bridgehead atoms. The van der Waals surface area contributed by atoms with Crippen LogP contribution in [0.4, 0.5) is 0 Å². The zero-order valence-corrected chi connectivity index (χ0v) is 11.6. The van der Waals surface area contributed by atoms with E-state index >= 15 is 0 Å². The Kier molecular flexibility index (Phi) is 4.19. The van der Waals surface area contributed by atoms with Gasteiger partial charge in [-0.1, -0.05) is 13.8 Å². The minimum absolute atomic E-state index is 0.0891. The molecule has 2 rings (SSSR count). The van der Waals surface area contributed by atoms with Gasteiger partial charge in [-0.2, -0.15) is 0 Å². The van der Waals surface area contributed by atoms with Gasteiger partial charge in [-0.15, -0.1) is 10.2 Å². The fourth-order valence-electron chi connectivity index (χ4n) is 2.04. The molecule has 0 aliphatic carbocycles. The summed E-state index contributed by atoms with van der Waals surface area (Å²) in [6.07, 6.45) is 3.21. The summed E-state index contributed by atoms with van der Waals surface area (Å²) in [5.41, 5.74) is 0.692. The maximum atomic E-state index is 11.9. The number of carbonyl (C=O) groups is 1. The SMILES string of the molecule is CC(C)c1nnc(CNC(=O)C2=COCCC2)n1C. The van der Waals surface area contributed by atoms with E-state index in [0.717, 1.165) is 24.5 Å². The molecule has 0 fully saturated rings. The molecule has 6 heteroatoms. The second-order valence-electron chi connectivity index (χ2n) is 4.99. The Morgan fingerprint density at radius 3 is 2.89 bits per heavy atom. The van der Waals surface area contributed by atoms with Gasteiger partial charge < -0.3 is 14.6 Å². The van der Waals surface area contributed by atoms with E-state index in [1.807, 2.05) is 11.6 Å². The first-order valence-electron chi connectivity index (χ1n) is 6.56. The van der Waals surface area contributed by atoms with Gasteiger partial charge in [0.25, 0.3) is 5.91 Å². The minimum atomic E-state index is -0.0891. The zero-order chi connectivity index (χ0) is 13.8. The van der Waals surface area contributed by atoms with Crippen LogP contribution in [0, 0.1) is 0 Å². The summed E-state index contributed by atoms with van der Waals surface area (Å²) in [6, 6.07) is 0. The maximum Gasteiger partial charge on any atom is 0.250 e. The van der Waals surface area contributed by atoms with Crippen molar-refractivity contribution in [1.29, 1.82) is 0 Å². The van der Waals surface area contributed by atoms with Gasteiger partial charge in [0, 0.05) is 13.0 Å². The molecule has 0 radical (unpaired) electrons. The molecule has 0 spiro atoms. The van der Waals surface area contributed by atoms with E-state index in [-0.39, 0.29) is 5.91 Å². The molecule has 1 amide bonds. The summed E-state index contributed by atoms with van der Waals surface area (Å²) in [5.74, 6) is 1.91. The number of rotatable bonds is 4. The molecule has 6 nitrogen and oxygen atoms in total. The Morgan fingerprint density at radius 2 is 2.32 bits per heavy atom. The van der Waals surface area contributed by atoms with Gasteiger partial charge in [-0.3, -0.25) is 4.79 Å². The van der Waals surface area contributed by atoms with Crippen molar-refractivity contribution in [2.45, 2.75) is 39.2 Å². The molecule has 0 aromatic carbocycles. The van der Waals surface area contributed by atoms with Gasteiger partial charge in [-0.05, 0) is 12.8 Å². The van der Waals surface area contributed by atoms with Crippen molar-refractivity contribution in [3.63, 3.8) is 0 Å². The maximum absolute atomic E-state index is 11.9. The van der Waals surface area contributed by atoms with Gasteiger partial charge in [0.2, 0.25) is 0 Å². The highest BCUT2D eigenvalue weighted by Crippen LogP contribution is 2.13. The van der Waals surface area contributed by atoms with Crippen molar-refractivity contribution in [1.82, 2.24) is 20.1 Å². The van der Waals surface area contributed by atoms with Gasteiger partial charge in [0.1, 0.15) is 5.82 Å². The Morgan fingerprint density at radius 1 is 1.53 bits per heavy atom. The minimum Gasteiger partial charge on any atom is -0.501 e. The van der Waals surface area contributed by atoms with E-state index < -0.39 is 0 Å². The molecule has 1 aromatic heterocycles. The predicted molar refractivity (Wildman–Crippen MR) is 70.2 cm³/mol. The van der Waals surface area contributed by atoms with Crippen LogP contribution in [-0.4, -0.2) is 27.3 Å². The molecule has 0 unspecified atom stereocenters. The molecule has 0 atom stereocenters. The number of hydrogen-bond donors (Lipinski definition) is 1. The van der Waals surface area contributed by atoms with E-state index in [9.17, 15) is 4.79 Å². The van der Waals surface area contributed by atoms with E-state index in [2.05, 4.69) is 29.4 Å². The largest absolute Gasteiger partial charge is 0.501 e. The number of nitrogens with one attached hydrogen (secondary N) is 1. The number of amides is 1. The third kappa shape index (κ3) is 3.13. The van der Waals surface area contributed by atoms with Crippen molar-refractivity contribution in [2.24, 2.45) is 7.05 Å². The molecule has 0 saturated heterocycles. The lowest BCUT2D eigenvalue weighted by Gasteiger charge is -2.13. The van der Waals surface area contributed by atoms with E-state index in [1.165, 1.54) is 0 Å². The molecule has 2 heterocycles. The molecule has 1 aliphatic rings. The predicted octanol–water partition coefficient (Wildman–Crippen LogP) is 1.25. The van der Waals surface area contributed by atoms with Crippen molar-refractivity contribution < 1.29 is 9.53 Å². The van der Waals surface area contributed by atoms with E-state index in [0.29, 0.717) is 24.6 Å². The second kappa shape index (κ2) is 5.86. The van der Waals surface area contributed by atoms with E-state index in [4.69, 9.17) is 4.74 Å². The molecule has 1 aliphatic heterocycles. The molecule has 1 N–H and O–H groups in total. The monoisotopic (exact) mass is 264 g/mol. The molecular weight excluding hydrogens is 244 g/mol. The summed E-state index contributed by atoms with van der Waals surface area (Å²) >= 11 is 0. The van der Waals surface area contributed by atoms with Crippen LogP contribution in [0.3, 0.4) is 0 Å². The highest BCUT2D eigenvalue weighted by molar-refractivity contribution is 5.93. The summed E-state index contributed by atoms with van der Waals surface area (Å²) < 4.78 is 7.09. The Labute approximate surface area is 112 Å². The molecule has 19 heavy (non-hydrogen) atoms. The molecular formula is C13H20N4O2. The lowest BCUT2D eigenvalue weighted by atomic mass is 10.1. The first-order valence-corrected chi connectivity index (χ1v) is 6.56. The van der Waals surface area contributed by atoms with Crippen LogP contribution in [0.1, 0.15) is 44.3 Å². The summed E-state index contributed by atoms with van der Waals surface area (Å²) in [4.78, 5) is 11.9. The highest BCUT2D eigenvalue weighted by atomic mass is 16.5. The van der Waals surface area contributed by atoms with E-state index in [1.54, 1.807) is 6.26 Å². The lowest BCUT2D eigenvalue weighted by molar-refractivity contribution is -0.118. The quantitative estimate of drug-likeness (QED) is 0.888. The Hall–Kier alpha value is -1.85. The van der Waals surface area contributed by atoms with Crippen LogP contribution in [0.2, 0.25) is 0 Å². The smallest absolute Gasteiger partial charge is 0.250 e. The average Bonchev–Trinajstić information content (AvgIpc) is 2.78. The first-order chi connectivity index (χ1) is 9.09. The third-order valence-electron chi connectivity index (χ3n) is 3.15. The summed E-state index contributed by atoms with van der Waals surface area (Å²) in [6.45, 7) is 5.21. The normalized spacial score (nSPS) is 15.1. The Bertz CT molecular complexity index is 491. The summed E-state index contributed by atoms with van der Waals surface area (Å²) in [5, 5.41) is 11.1. The fourth-order valence-corrected chi connectivity index (χ4v) is 2.04. The van der Waals surface area contributed by atoms with Crippen LogP contribution >= 0.6 is 0 Å².